The maximum absolute atomic E-state index is 11.4. The van der Waals surface area contributed by atoms with Crippen molar-refractivity contribution in [1.29, 1.82) is 0 Å². The van der Waals surface area contributed by atoms with Gasteiger partial charge in [-0.2, -0.15) is 4.98 Å². The molecule has 4 nitrogen and oxygen atoms in total. The Morgan fingerprint density at radius 2 is 1.95 bits per heavy atom. The van der Waals surface area contributed by atoms with Crippen molar-refractivity contribution in [1.82, 2.24) is 9.97 Å². The van der Waals surface area contributed by atoms with E-state index in [-0.39, 0.29) is 0 Å². The second-order valence-electron chi connectivity index (χ2n) is 6.41. The number of H-pyrrole nitrogens is 1. The molecule has 2 saturated carbocycles. The molecule has 0 unspecified atom stereocenters. The van der Waals surface area contributed by atoms with Crippen LogP contribution in [0.1, 0.15) is 30.7 Å². The van der Waals surface area contributed by atoms with E-state index in [0.717, 1.165) is 12.3 Å². The minimum atomic E-state index is -0.402. The first kappa shape index (κ1) is 13.8. The molecular weight excluding hydrogens is 298 g/mol. The highest BCUT2D eigenvalue weighted by Crippen LogP contribution is 2.53. The molecule has 2 aromatic rings. The predicted molar refractivity (Wildman–Crippen MR) is 87.3 cm³/mol. The van der Waals surface area contributed by atoms with Gasteiger partial charge in [0, 0.05) is 12.1 Å². The van der Waals surface area contributed by atoms with Crippen molar-refractivity contribution in [3.63, 3.8) is 0 Å². The topological polar surface area (TPSA) is 57.8 Å². The molecule has 1 heterocycles. The average Bonchev–Trinajstić information content (AvgIpc) is 3.07. The highest BCUT2D eigenvalue weighted by molar-refractivity contribution is 6.29. The summed E-state index contributed by atoms with van der Waals surface area (Å²) in [4.78, 5) is 17.8. The number of rotatable bonds is 3. The lowest BCUT2D eigenvalue weighted by Crippen LogP contribution is -2.29. The number of aromatic nitrogens is 2. The fourth-order valence-corrected chi connectivity index (χ4v) is 4.44. The zero-order valence-electron chi connectivity index (χ0n) is 12.1. The summed E-state index contributed by atoms with van der Waals surface area (Å²) in [6.45, 7) is 0. The summed E-state index contributed by atoms with van der Waals surface area (Å²) < 4.78 is 0. The zero-order valence-corrected chi connectivity index (χ0v) is 12.9. The number of nitrogens with one attached hydrogen (secondary N) is 2. The molecule has 1 aromatic heterocycles. The van der Waals surface area contributed by atoms with Crippen molar-refractivity contribution >= 4 is 17.4 Å². The van der Waals surface area contributed by atoms with E-state index in [4.69, 9.17) is 11.6 Å². The Hall–Kier alpha value is -1.81. The minimum absolute atomic E-state index is 0.327. The second-order valence-corrected chi connectivity index (χ2v) is 6.82. The molecule has 2 bridgehead atoms. The molecule has 2 aliphatic carbocycles. The van der Waals surface area contributed by atoms with Crippen LogP contribution in [-0.4, -0.2) is 16.0 Å². The lowest BCUT2D eigenvalue weighted by atomic mass is 9.81. The summed E-state index contributed by atoms with van der Waals surface area (Å²) in [7, 11) is 0. The molecule has 2 fully saturated rings. The van der Waals surface area contributed by atoms with Crippen molar-refractivity contribution in [3.05, 3.63) is 57.6 Å². The number of anilines is 1. The van der Waals surface area contributed by atoms with E-state index in [1.165, 1.54) is 18.4 Å². The maximum atomic E-state index is 11.4. The molecular formula is C17H18ClN3O. The number of hydrogen-bond donors (Lipinski definition) is 2. The summed E-state index contributed by atoms with van der Waals surface area (Å²) in [5.74, 6) is 2.64. The molecule has 0 amide bonds. The van der Waals surface area contributed by atoms with Gasteiger partial charge in [0.05, 0.1) is 0 Å². The van der Waals surface area contributed by atoms with Gasteiger partial charge in [0.15, 0.2) is 0 Å². The summed E-state index contributed by atoms with van der Waals surface area (Å²) >= 11 is 5.88. The van der Waals surface area contributed by atoms with Gasteiger partial charge >= 0.3 is 5.69 Å². The molecule has 114 valence electrons. The van der Waals surface area contributed by atoms with Crippen LogP contribution in [-0.2, 0) is 0 Å². The van der Waals surface area contributed by atoms with E-state index in [2.05, 4.69) is 45.6 Å². The number of fused-ring (bicyclic) bond motifs is 2. The summed E-state index contributed by atoms with van der Waals surface area (Å²) in [6.07, 6.45) is 3.60. The van der Waals surface area contributed by atoms with E-state index in [1.807, 2.05) is 0 Å². The smallest absolute Gasteiger partial charge is 0.347 e. The lowest BCUT2D eigenvalue weighted by Gasteiger charge is -2.29. The second kappa shape index (κ2) is 5.43. The first-order valence-electron chi connectivity index (χ1n) is 7.77. The van der Waals surface area contributed by atoms with E-state index in [1.54, 1.807) is 6.07 Å². The van der Waals surface area contributed by atoms with Crippen molar-refractivity contribution in [2.45, 2.75) is 31.2 Å². The largest absolute Gasteiger partial charge is 0.367 e. The quantitative estimate of drug-likeness (QED) is 0.853. The van der Waals surface area contributed by atoms with Crippen LogP contribution in [0, 0.1) is 11.8 Å². The first-order valence-corrected chi connectivity index (χ1v) is 8.15. The van der Waals surface area contributed by atoms with Crippen molar-refractivity contribution < 1.29 is 0 Å². The molecule has 2 aliphatic rings. The van der Waals surface area contributed by atoms with Crippen LogP contribution >= 0.6 is 11.6 Å². The average molecular weight is 316 g/mol. The third kappa shape index (κ3) is 2.52. The number of aromatic amines is 1. The van der Waals surface area contributed by atoms with Crippen LogP contribution in [0.15, 0.2) is 41.2 Å². The Morgan fingerprint density at radius 1 is 1.14 bits per heavy atom. The van der Waals surface area contributed by atoms with Crippen LogP contribution < -0.4 is 11.0 Å². The molecule has 4 rings (SSSR count). The fourth-order valence-electron chi connectivity index (χ4n) is 4.25. The van der Waals surface area contributed by atoms with Crippen molar-refractivity contribution in [2.75, 3.05) is 5.32 Å². The number of hydrogen-bond acceptors (Lipinski definition) is 3. The molecule has 0 aliphatic heterocycles. The van der Waals surface area contributed by atoms with E-state index in [9.17, 15) is 4.79 Å². The Bertz CT molecular complexity index is 730. The minimum Gasteiger partial charge on any atom is -0.367 e. The molecule has 2 N–H and O–H groups in total. The van der Waals surface area contributed by atoms with Crippen LogP contribution in [0.2, 0.25) is 5.15 Å². The highest BCUT2D eigenvalue weighted by atomic mass is 35.5. The van der Waals surface area contributed by atoms with Gasteiger partial charge in [-0.05, 0) is 42.6 Å². The number of benzene rings is 1. The number of nitrogens with zero attached hydrogens (tertiary/aromatic N) is 1. The van der Waals surface area contributed by atoms with Gasteiger partial charge in [0.1, 0.15) is 11.0 Å². The Kier molecular flexibility index (Phi) is 3.41. The van der Waals surface area contributed by atoms with Gasteiger partial charge < -0.3 is 5.32 Å². The molecule has 0 radical (unpaired) electrons. The Balaban J connectivity index is 1.47. The van der Waals surface area contributed by atoms with E-state index < -0.39 is 5.69 Å². The third-order valence-corrected chi connectivity index (χ3v) is 5.33. The van der Waals surface area contributed by atoms with Gasteiger partial charge in [-0.3, -0.25) is 4.98 Å². The SMILES string of the molecule is O=c1nc(N[C@@H]2C[C@H]3C[C@@H]2C[C@H]3c2ccccc2)cc(Cl)[nH]1. The molecule has 4 atom stereocenters. The monoisotopic (exact) mass is 315 g/mol. The van der Waals surface area contributed by atoms with Crippen LogP contribution in [0.3, 0.4) is 0 Å². The zero-order chi connectivity index (χ0) is 15.1. The van der Waals surface area contributed by atoms with Crippen LogP contribution in [0.25, 0.3) is 0 Å². The Morgan fingerprint density at radius 3 is 2.64 bits per heavy atom. The standard InChI is InChI=1S/C17H18ClN3O/c18-15-9-16(21-17(22)20-15)19-14-8-11-6-12(14)7-13(11)10-4-2-1-3-5-10/h1-5,9,11-14H,6-8H2,(H2,19,20,21,22)/t11-,12-,13+,14-/m1/s1. The summed E-state index contributed by atoms with van der Waals surface area (Å²) in [6, 6.07) is 12.9. The molecule has 22 heavy (non-hydrogen) atoms. The van der Waals surface area contributed by atoms with Crippen molar-refractivity contribution in [3.8, 4) is 0 Å². The van der Waals surface area contributed by atoms with E-state index in [0.29, 0.717) is 28.8 Å². The highest BCUT2D eigenvalue weighted by Gasteiger charge is 2.46. The van der Waals surface area contributed by atoms with Gasteiger partial charge in [0.25, 0.3) is 0 Å². The molecule has 0 spiro atoms. The van der Waals surface area contributed by atoms with Gasteiger partial charge in [-0.15, -0.1) is 0 Å². The molecule has 0 saturated heterocycles. The molecule has 5 heteroatoms. The maximum Gasteiger partial charge on any atom is 0.347 e. The Labute approximate surface area is 133 Å². The third-order valence-electron chi connectivity index (χ3n) is 5.13. The first-order chi connectivity index (χ1) is 10.7. The molecule has 1 aromatic carbocycles. The normalized spacial score (nSPS) is 29.7. The van der Waals surface area contributed by atoms with Crippen molar-refractivity contribution in [2.24, 2.45) is 11.8 Å². The van der Waals surface area contributed by atoms with Gasteiger partial charge in [0.2, 0.25) is 0 Å². The number of halogens is 1. The predicted octanol–water partition coefficient (Wildman–Crippen LogP) is 3.42. The van der Waals surface area contributed by atoms with Gasteiger partial charge in [-0.25, -0.2) is 4.79 Å². The van der Waals surface area contributed by atoms with E-state index >= 15 is 0 Å². The summed E-state index contributed by atoms with van der Waals surface area (Å²) in [5.41, 5.74) is 1.06. The van der Waals surface area contributed by atoms with Crippen LogP contribution in [0.4, 0.5) is 5.82 Å². The lowest BCUT2D eigenvalue weighted by molar-refractivity contribution is 0.390. The summed E-state index contributed by atoms with van der Waals surface area (Å²) in [5, 5.41) is 3.74. The van der Waals surface area contributed by atoms with Crippen LogP contribution in [0.5, 0.6) is 0 Å². The van der Waals surface area contributed by atoms with Gasteiger partial charge in [-0.1, -0.05) is 41.9 Å². The fraction of sp³-hybridized carbons (Fsp3) is 0.412.